The maximum atomic E-state index is 4.45. The van der Waals surface area contributed by atoms with Gasteiger partial charge in [-0.25, -0.2) is 4.98 Å². The lowest BCUT2D eigenvalue weighted by Crippen LogP contribution is -2.36. The second-order valence-corrected chi connectivity index (χ2v) is 6.20. The minimum atomic E-state index is 0.524. The van der Waals surface area contributed by atoms with Crippen LogP contribution in [0.4, 0.5) is 0 Å². The monoisotopic (exact) mass is 249 g/mol. The number of aryl methyl sites for hydroxylation is 2. The second-order valence-electron chi connectivity index (χ2n) is 6.20. The lowest BCUT2D eigenvalue weighted by Gasteiger charge is -2.30. The van der Waals surface area contributed by atoms with Crippen molar-refractivity contribution in [2.45, 2.75) is 58.4 Å². The Balaban J connectivity index is 1.92. The molecule has 1 heterocycles. The number of aromatic nitrogens is 2. The van der Waals surface area contributed by atoms with Crippen molar-refractivity contribution in [1.82, 2.24) is 14.9 Å². The van der Waals surface area contributed by atoms with Gasteiger partial charge >= 0.3 is 0 Å². The van der Waals surface area contributed by atoms with Gasteiger partial charge in [0.2, 0.25) is 0 Å². The summed E-state index contributed by atoms with van der Waals surface area (Å²) in [6, 6.07) is 0.593. The van der Waals surface area contributed by atoms with Crippen LogP contribution in [0.5, 0.6) is 0 Å². The van der Waals surface area contributed by atoms with Crippen molar-refractivity contribution in [2.24, 2.45) is 12.5 Å². The minimum Gasteiger partial charge on any atom is -0.338 e. The van der Waals surface area contributed by atoms with E-state index >= 15 is 0 Å². The van der Waals surface area contributed by atoms with E-state index in [0.29, 0.717) is 11.5 Å². The van der Waals surface area contributed by atoms with E-state index in [0.717, 1.165) is 6.42 Å². The van der Waals surface area contributed by atoms with Gasteiger partial charge in [0.1, 0.15) is 5.82 Å². The number of nitrogens with zero attached hydrogens (tertiary/aromatic N) is 2. The molecule has 0 radical (unpaired) electrons. The molecule has 0 atom stereocenters. The Bertz CT molecular complexity index is 362. The van der Waals surface area contributed by atoms with Gasteiger partial charge in [-0.05, 0) is 24.7 Å². The van der Waals surface area contributed by atoms with Gasteiger partial charge < -0.3 is 9.88 Å². The second kappa shape index (κ2) is 5.87. The zero-order chi connectivity index (χ0) is 13.0. The summed E-state index contributed by atoms with van der Waals surface area (Å²) in [6.07, 6.45) is 11.9. The molecule has 0 spiro atoms. The summed E-state index contributed by atoms with van der Waals surface area (Å²) >= 11 is 0. The third-order valence-electron chi connectivity index (χ3n) is 4.35. The van der Waals surface area contributed by atoms with Crippen LogP contribution in [0, 0.1) is 5.41 Å². The molecule has 1 aliphatic carbocycles. The molecule has 0 aliphatic heterocycles. The van der Waals surface area contributed by atoms with Crippen LogP contribution >= 0.6 is 0 Å². The van der Waals surface area contributed by atoms with Crippen LogP contribution in [-0.4, -0.2) is 22.1 Å². The van der Waals surface area contributed by atoms with Gasteiger partial charge in [-0.15, -0.1) is 0 Å². The van der Waals surface area contributed by atoms with Crippen molar-refractivity contribution >= 4 is 0 Å². The van der Waals surface area contributed by atoms with Crippen LogP contribution in [0.1, 0.15) is 51.8 Å². The zero-order valence-electron chi connectivity index (χ0n) is 12.1. The minimum absolute atomic E-state index is 0.524. The van der Waals surface area contributed by atoms with Gasteiger partial charge in [0.25, 0.3) is 0 Å². The standard InChI is InChI=1S/C15H27N3/c1-13(2)17-12-15(7-4-5-8-15)9-6-14-16-10-11-18(14)3/h10-11,13,17H,4-9,12H2,1-3H3. The normalized spacial score (nSPS) is 18.7. The van der Waals surface area contributed by atoms with Crippen LogP contribution in [0.3, 0.4) is 0 Å². The number of nitrogens with one attached hydrogen (secondary N) is 1. The van der Waals surface area contributed by atoms with E-state index in [1.807, 2.05) is 12.4 Å². The Kier molecular flexibility index (Phi) is 4.44. The summed E-state index contributed by atoms with van der Waals surface area (Å²) in [4.78, 5) is 4.45. The Morgan fingerprint density at radius 2 is 2.11 bits per heavy atom. The van der Waals surface area contributed by atoms with Crippen molar-refractivity contribution in [2.75, 3.05) is 6.54 Å². The van der Waals surface area contributed by atoms with E-state index in [-0.39, 0.29) is 0 Å². The SMILES string of the molecule is CC(C)NCC1(CCc2nccn2C)CCCC1. The van der Waals surface area contributed by atoms with Crippen LogP contribution in [0.2, 0.25) is 0 Å². The lowest BCUT2D eigenvalue weighted by atomic mass is 9.81. The third-order valence-corrected chi connectivity index (χ3v) is 4.35. The average molecular weight is 249 g/mol. The smallest absolute Gasteiger partial charge is 0.108 e. The summed E-state index contributed by atoms with van der Waals surface area (Å²) in [5, 5.41) is 3.65. The fourth-order valence-electron chi connectivity index (χ4n) is 3.08. The molecule has 2 rings (SSSR count). The predicted molar refractivity (Wildman–Crippen MR) is 75.6 cm³/mol. The van der Waals surface area contributed by atoms with E-state index in [1.54, 1.807) is 0 Å². The van der Waals surface area contributed by atoms with Crippen molar-refractivity contribution in [3.05, 3.63) is 18.2 Å². The van der Waals surface area contributed by atoms with E-state index in [9.17, 15) is 0 Å². The molecule has 1 aromatic rings. The molecule has 1 aromatic heterocycles. The molecule has 18 heavy (non-hydrogen) atoms. The molecule has 0 saturated heterocycles. The topological polar surface area (TPSA) is 29.9 Å². The largest absolute Gasteiger partial charge is 0.338 e. The lowest BCUT2D eigenvalue weighted by molar-refractivity contribution is 0.248. The highest BCUT2D eigenvalue weighted by Gasteiger charge is 2.33. The van der Waals surface area contributed by atoms with Crippen LogP contribution in [-0.2, 0) is 13.5 Å². The Hall–Kier alpha value is -0.830. The third kappa shape index (κ3) is 3.35. The number of hydrogen-bond donors (Lipinski definition) is 1. The maximum absolute atomic E-state index is 4.45. The molecule has 0 amide bonds. The summed E-state index contributed by atoms with van der Waals surface area (Å²) in [5.74, 6) is 1.23. The molecule has 3 heteroatoms. The van der Waals surface area contributed by atoms with Crippen molar-refractivity contribution in [3.8, 4) is 0 Å². The molecule has 1 saturated carbocycles. The summed E-state index contributed by atoms with van der Waals surface area (Å²) in [5.41, 5.74) is 0.524. The number of hydrogen-bond acceptors (Lipinski definition) is 2. The first-order valence-corrected chi connectivity index (χ1v) is 7.31. The average Bonchev–Trinajstić information content (AvgIpc) is 2.94. The molecule has 0 bridgehead atoms. The van der Waals surface area contributed by atoms with Crippen LogP contribution in [0.25, 0.3) is 0 Å². The summed E-state index contributed by atoms with van der Waals surface area (Å²) in [6.45, 7) is 5.65. The van der Waals surface area contributed by atoms with Crippen molar-refractivity contribution in [3.63, 3.8) is 0 Å². The van der Waals surface area contributed by atoms with Gasteiger partial charge in [-0.3, -0.25) is 0 Å². The van der Waals surface area contributed by atoms with Gasteiger partial charge in [0, 0.05) is 38.4 Å². The molecule has 102 valence electrons. The molecule has 1 aliphatic rings. The summed E-state index contributed by atoms with van der Waals surface area (Å²) < 4.78 is 2.15. The molecule has 0 unspecified atom stereocenters. The summed E-state index contributed by atoms with van der Waals surface area (Å²) in [7, 11) is 2.09. The maximum Gasteiger partial charge on any atom is 0.108 e. The number of rotatable bonds is 6. The highest BCUT2D eigenvalue weighted by molar-refractivity contribution is 4.95. The first kappa shape index (κ1) is 13.6. The Morgan fingerprint density at radius 3 is 2.67 bits per heavy atom. The van der Waals surface area contributed by atoms with Gasteiger partial charge in [-0.2, -0.15) is 0 Å². The molecule has 1 fully saturated rings. The fraction of sp³-hybridized carbons (Fsp3) is 0.800. The van der Waals surface area contributed by atoms with Crippen molar-refractivity contribution < 1.29 is 0 Å². The Labute approximate surface area is 111 Å². The first-order valence-electron chi connectivity index (χ1n) is 7.31. The molecular formula is C15H27N3. The highest BCUT2D eigenvalue weighted by atomic mass is 15.0. The Morgan fingerprint density at radius 1 is 1.39 bits per heavy atom. The highest BCUT2D eigenvalue weighted by Crippen LogP contribution is 2.41. The van der Waals surface area contributed by atoms with Gasteiger partial charge in [0.05, 0.1) is 0 Å². The number of imidazole rings is 1. The van der Waals surface area contributed by atoms with Crippen LogP contribution in [0.15, 0.2) is 12.4 Å². The van der Waals surface area contributed by atoms with Crippen LogP contribution < -0.4 is 5.32 Å². The van der Waals surface area contributed by atoms with Gasteiger partial charge in [-0.1, -0.05) is 26.7 Å². The van der Waals surface area contributed by atoms with Crippen molar-refractivity contribution in [1.29, 1.82) is 0 Å². The molecular weight excluding hydrogens is 222 g/mol. The van der Waals surface area contributed by atoms with E-state index < -0.39 is 0 Å². The molecule has 0 aromatic carbocycles. The predicted octanol–water partition coefficient (Wildman–Crippen LogP) is 2.91. The molecule has 1 N–H and O–H groups in total. The van der Waals surface area contributed by atoms with E-state index in [1.165, 1.54) is 44.5 Å². The van der Waals surface area contributed by atoms with E-state index in [2.05, 4.69) is 35.8 Å². The van der Waals surface area contributed by atoms with Gasteiger partial charge in [0.15, 0.2) is 0 Å². The fourth-order valence-corrected chi connectivity index (χ4v) is 3.08. The first-order chi connectivity index (χ1) is 8.61. The van der Waals surface area contributed by atoms with E-state index in [4.69, 9.17) is 0 Å². The quantitative estimate of drug-likeness (QED) is 0.840. The zero-order valence-corrected chi connectivity index (χ0v) is 12.1. The molecule has 3 nitrogen and oxygen atoms in total.